The molecule has 0 aliphatic carbocycles. The number of hydrogen-bond acceptors (Lipinski definition) is 5. The lowest BCUT2D eigenvalue weighted by atomic mass is 10.2. The summed E-state index contributed by atoms with van der Waals surface area (Å²) in [7, 11) is 0. The molecule has 0 spiro atoms. The third-order valence-corrected chi connectivity index (χ3v) is 4.33. The first-order valence-electron chi connectivity index (χ1n) is 7.29. The van der Waals surface area contributed by atoms with Crippen LogP contribution in [0.3, 0.4) is 0 Å². The van der Waals surface area contributed by atoms with Crippen molar-refractivity contribution in [1.82, 2.24) is 4.90 Å². The molecule has 1 heterocycles. The van der Waals surface area contributed by atoms with Gasteiger partial charge in [0, 0.05) is 29.2 Å². The first-order chi connectivity index (χ1) is 11.0. The molecule has 1 aromatic carbocycles. The van der Waals surface area contributed by atoms with Crippen molar-refractivity contribution in [1.29, 1.82) is 0 Å². The summed E-state index contributed by atoms with van der Waals surface area (Å²) in [5.41, 5.74) is 1.30. The highest BCUT2D eigenvalue weighted by atomic mass is 32.1. The Kier molecular flexibility index (Phi) is 5.84. The molecular weight excluding hydrogens is 314 g/mol. The predicted molar refractivity (Wildman–Crippen MR) is 91.7 cm³/mol. The minimum atomic E-state index is -0.446. The topological polar surface area (TPSA) is 75.5 Å². The minimum Gasteiger partial charge on any atom is -0.325 e. The van der Waals surface area contributed by atoms with Gasteiger partial charge in [-0.1, -0.05) is 13.0 Å². The van der Waals surface area contributed by atoms with Gasteiger partial charge < -0.3 is 5.32 Å². The maximum Gasteiger partial charge on any atom is 0.269 e. The van der Waals surface area contributed by atoms with Crippen molar-refractivity contribution in [2.75, 3.05) is 18.4 Å². The summed E-state index contributed by atoms with van der Waals surface area (Å²) in [6.07, 6.45) is 0. The zero-order chi connectivity index (χ0) is 16.8. The molecule has 7 heteroatoms. The Hall–Kier alpha value is -2.25. The number of nitrogens with zero attached hydrogens (tertiary/aromatic N) is 2. The lowest BCUT2D eigenvalue weighted by molar-refractivity contribution is -0.384. The molecule has 2 rings (SSSR count). The van der Waals surface area contributed by atoms with Gasteiger partial charge in [0.05, 0.1) is 11.5 Å². The number of rotatable bonds is 7. The Balaban J connectivity index is 1.96. The number of amides is 1. The van der Waals surface area contributed by atoms with Gasteiger partial charge in [-0.2, -0.15) is 0 Å². The number of likely N-dealkylation sites (N-methyl/N-ethyl adjacent to an activating group) is 1. The lowest BCUT2D eigenvalue weighted by Gasteiger charge is -2.19. The maximum absolute atomic E-state index is 12.2. The van der Waals surface area contributed by atoms with Crippen LogP contribution in [-0.4, -0.2) is 28.8 Å². The van der Waals surface area contributed by atoms with Crippen LogP contribution in [0.1, 0.15) is 17.4 Å². The molecule has 0 saturated carbocycles. The quantitative estimate of drug-likeness (QED) is 0.622. The second kappa shape index (κ2) is 7.85. The largest absolute Gasteiger partial charge is 0.325 e. The van der Waals surface area contributed by atoms with Gasteiger partial charge in [0.25, 0.3) is 5.69 Å². The van der Waals surface area contributed by atoms with Crippen molar-refractivity contribution in [2.24, 2.45) is 0 Å². The number of hydrogen-bond donors (Lipinski definition) is 1. The first kappa shape index (κ1) is 17.1. The van der Waals surface area contributed by atoms with Crippen LogP contribution in [0.2, 0.25) is 0 Å². The predicted octanol–water partition coefficient (Wildman–Crippen LogP) is 3.43. The van der Waals surface area contributed by atoms with Crippen LogP contribution in [0.15, 0.2) is 35.7 Å². The number of carbonyl (C=O) groups is 1. The van der Waals surface area contributed by atoms with Gasteiger partial charge >= 0.3 is 0 Å². The van der Waals surface area contributed by atoms with E-state index in [9.17, 15) is 14.9 Å². The monoisotopic (exact) mass is 333 g/mol. The van der Waals surface area contributed by atoms with Crippen molar-refractivity contribution in [3.8, 4) is 0 Å². The number of nitro groups is 1. The van der Waals surface area contributed by atoms with E-state index in [-0.39, 0.29) is 18.1 Å². The van der Waals surface area contributed by atoms with E-state index < -0.39 is 4.92 Å². The van der Waals surface area contributed by atoms with Gasteiger partial charge in [0.2, 0.25) is 5.91 Å². The average Bonchev–Trinajstić information content (AvgIpc) is 3.01. The van der Waals surface area contributed by atoms with Gasteiger partial charge in [-0.3, -0.25) is 19.8 Å². The molecule has 1 amide bonds. The number of nitrogens with one attached hydrogen (secondary N) is 1. The summed E-state index contributed by atoms with van der Waals surface area (Å²) < 4.78 is 0. The molecule has 0 aliphatic heterocycles. The summed E-state index contributed by atoms with van der Waals surface area (Å²) in [6.45, 7) is 5.54. The molecule has 2 aromatic rings. The zero-order valence-electron chi connectivity index (χ0n) is 13.1. The van der Waals surface area contributed by atoms with Gasteiger partial charge in [0.15, 0.2) is 0 Å². The van der Waals surface area contributed by atoms with Crippen LogP contribution in [0, 0.1) is 17.0 Å². The standard InChI is InChI=1S/C16H19N3O3S/c1-3-18(10-14-5-4-8-23-14)11-16(20)17-15-7-6-13(19(21)22)9-12(15)2/h4-9H,3,10-11H2,1-2H3,(H,17,20). The van der Waals surface area contributed by atoms with Gasteiger partial charge in [-0.05, 0) is 36.5 Å². The number of thiophene rings is 1. The summed E-state index contributed by atoms with van der Waals surface area (Å²) in [6, 6.07) is 8.46. The second-order valence-corrected chi connectivity index (χ2v) is 6.22. The fourth-order valence-corrected chi connectivity index (χ4v) is 2.94. The number of carbonyl (C=O) groups excluding carboxylic acids is 1. The fourth-order valence-electron chi connectivity index (χ4n) is 2.20. The summed E-state index contributed by atoms with van der Waals surface area (Å²) in [5.74, 6) is -0.125. The molecule has 0 unspecified atom stereocenters. The summed E-state index contributed by atoms with van der Waals surface area (Å²) >= 11 is 1.67. The normalized spacial score (nSPS) is 10.7. The fraction of sp³-hybridized carbons (Fsp3) is 0.312. The third-order valence-electron chi connectivity index (χ3n) is 3.47. The highest BCUT2D eigenvalue weighted by Gasteiger charge is 2.13. The van der Waals surface area contributed by atoms with E-state index in [0.717, 1.165) is 13.1 Å². The van der Waals surface area contributed by atoms with Crippen molar-refractivity contribution < 1.29 is 9.72 Å². The molecule has 0 saturated heterocycles. The van der Waals surface area contributed by atoms with Crippen molar-refractivity contribution in [3.05, 3.63) is 56.3 Å². The van der Waals surface area contributed by atoms with Crippen LogP contribution in [0.5, 0.6) is 0 Å². The van der Waals surface area contributed by atoms with E-state index in [1.165, 1.54) is 17.0 Å². The van der Waals surface area contributed by atoms with E-state index in [1.54, 1.807) is 24.3 Å². The lowest BCUT2D eigenvalue weighted by Crippen LogP contribution is -2.32. The van der Waals surface area contributed by atoms with Crippen molar-refractivity contribution in [3.63, 3.8) is 0 Å². The molecule has 0 aliphatic rings. The van der Waals surface area contributed by atoms with Crippen LogP contribution in [0.25, 0.3) is 0 Å². The average molecular weight is 333 g/mol. The van der Waals surface area contributed by atoms with Crippen molar-refractivity contribution >= 4 is 28.6 Å². The molecular formula is C16H19N3O3S. The van der Waals surface area contributed by atoms with Crippen LogP contribution < -0.4 is 5.32 Å². The minimum absolute atomic E-state index is 0.0216. The van der Waals surface area contributed by atoms with E-state index in [4.69, 9.17) is 0 Å². The first-order valence-corrected chi connectivity index (χ1v) is 8.17. The maximum atomic E-state index is 12.2. The molecule has 0 radical (unpaired) electrons. The molecule has 0 bridgehead atoms. The summed E-state index contributed by atoms with van der Waals surface area (Å²) in [5, 5.41) is 15.6. The Morgan fingerprint density at radius 1 is 1.39 bits per heavy atom. The molecule has 1 N–H and O–H groups in total. The van der Waals surface area contributed by atoms with Gasteiger partial charge in [-0.15, -0.1) is 11.3 Å². The van der Waals surface area contributed by atoms with E-state index in [2.05, 4.69) is 5.32 Å². The van der Waals surface area contributed by atoms with E-state index >= 15 is 0 Å². The Morgan fingerprint density at radius 3 is 2.74 bits per heavy atom. The number of non-ortho nitro benzene ring substituents is 1. The van der Waals surface area contributed by atoms with Crippen LogP contribution >= 0.6 is 11.3 Å². The Morgan fingerprint density at radius 2 is 2.17 bits per heavy atom. The number of nitro benzene ring substituents is 1. The third kappa shape index (κ3) is 4.87. The van der Waals surface area contributed by atoms with Crippen LogP contribution in [-0.2, 0) is 11.3 Å². The molecule has 23 heavy (non-hydrogen) atoms. The Labute approximate surface area is 138 Å². The zero-order valence-corrected chi connectivity index (χ0v) is 13.9. The van der Waals surface area contributed by atoms with Gasteiger partial charge in [0.1, 0.15) is 0 Å². The van der Waals surface area contributed by atoms with Crippen LogP contribution in [0.4, 0.5) is 11.4 Å². The smallest absolute Gasteiger partial charge is 0.269 e. The van der Waals surface area contributed by atoms with E-state index in [1.807, 2.05) is 29.3 Å². The summed E-state index contributed by atoms with van der Waals surface area (Å²) in [4.78, 5) is 25.7. The number of anilines is 1. The van der Waals surface area contributed by atoms with Crippen molar-refractivity contribution in [2.45, 2.75) is 20.4 Å². The highest BCUT2D eigenvalue weighted by molar-refractivity contribution is 7.09. The number of aryl methyl sites for hydroxylation is 1. The van der Waals surface area contributed by atoms with E-state index in [0.29, 0.717) is 11.3 Å². The highest BCUT2D eigenvalue weighted by Crippen LogP contribution is 2.21. The molecule has 122 valence electrons. The number of benzene rings is 1. The molecule has 0 atom stereocenters. The molecule has 6 nitrogen and oxygen atoms in total. The SMILES string of the molecule is CCN(CC(=O)Nc1ccc([N+](=O)[O-])cc1C)Cc1cccs1. The Bertz CT molecular complexity index is 686. The second-order valence-electron chi connectivity index (χ2n) is 5.19. The van der Waals surface area contributed by atoms with Gasteiger partial charge in [-0.25, -0.2) is 0 Å². The molecule has 0 fully saturated rings. The molecule has 1 aromatic heterocycles.